The Hall–Kier alpha value is -4.18. The van der Waals surface area contributed by atoms with E-state index >= 15 is 0 Å². The summed E-state index contributed by atoms with van der Waals surface area (Å²) in [5.41, 5.74) is 5.72. The van der Waals surface area contributed by atoms with E-state index in [2.05, 4.69) is 36.4 Å². The molecule has 0 saturated carbocycles. The van der Waals surface area contributed by atoms with Gasteiger partial charge in [-0.2, -0.15) is 0 Å². The van der Waals surface area contributed by atoms with Gasteiger partial charge in [-0.05, 0) is 23.3 Å². The fraction of sp³-hybridized carbons (Fsp3) is 0. The van der Waals surface area contributed by atoms with Crippen molar-refractivity contribution in [3.8, 4) is 45.5 Å². The van der Waals surface area contributed by atoms with Crippen molar-refractivity contribution in [3.63, 3.8) is 0 Å². The van der Waals surface area contributed by atoms with E-state index in [9.17, 15) is 0 Å². The number of ether oxygens (including phenoxy) is 2. The van der Waals surface area contributed by atoms with Crippen LogP contribution in [0, 0.1) is 0 Å². The molecule has 0 atom stereocenters. The number of nitrogens with zero attached hydrogens (tertiary/aromatic N) is 2. The van der Waals surface area contributed by atoms with Gasteiger partial charge in [-0.3, -0.25) is 0 Å². The summed E-state index contributed by atoms with van der Waals surface area (Å²) in [6.45, 7) is 0. The predicted octanol–water partition coefficient (Wildman–Crippen LogP) is 6.86. The minimum Gasteiger partial charge on any atom is -0.431 e. The first-order valence-electron chi connectivity index (χ1n) is 9.77. The van der Waals surface area contributed by atoms with Crippen molar-refractivity contribution in [2.75, 3.05) is 0 Å². The molecule has 5 aromatic rings. The summed E-state index contributed by atoms with van der Waals surface area (Å²) in [5.74, 6) is 2.03. The maximum Gasteiger partial charge on any atom is 0.284 e. The first kappa shape index (κ1) is 16.7. The molecule has 1 aromatic heterocycles. The highest BCUT2D eigenvalue weighted by molar-refractivity contribution is 6.01. The van der Waals surface area contributed by atoms with E-state index in [-0.39, 0.29) is 0 Å². The lowest BCUT2D eigenvalue weighted by Gasteiger charge is -2.20. The highest BCUT2D eigenvalue weighted by Gasteiger charge is 2.24. The Kier molecular flexibility index (Phi) is 3.74. The minimum atomic E-state index is 0.378. The number of para-hydroxylation sites is 2. The molecule has 0 radical (unpaired) electrons. The van der Waals surface area contributed by atoms with Crippen LogP contribution in [-0.4, -0.2) is 9.97 Å². The fourth-order valence-corrected chi connectivity index (χ4v) is 3.77. The average molecular weight is 388 g/mol. The van der Waals surface area contributed by atoms with Crippen molar-refractivity contribution in [1.29, 1.82) is 0 Å². The molecular formula is C26H16N2O2. The number of aromatic nitrogens is 2. The third-order valence-electron chi connectivity index (χ3n) is 5.19. The summed E-state index contributed by atoms with van der Waals surface area (Å²) in [5, 5.41) is 0. The van der Waals surface area contributed by atoms with Crippen LogP contribution in [0.5, 0.6) is 23.3 Å². The minimum absolute atomic E-state index is 0.378. The molecule has 0 spiro atoms. The van der Waals surface area contributed by atoms with Gasteiger partial charge in [0.25, 0.3) is 11.8 Å². The van der Waals surface area contributed by atoms with Crippen LogP contribution in [0.2, 0.25) is 0 Å². The Labute approximate surface area is 173 Å². The Bertz CT molecular complexity index is 1280. The van der Waals surface area contributed by atoms with E-state index < -0.39 is 0 Å². The molecule has 30 heavy (non-hydrogen) atoms. The standard InChI is InChI=1S/C26H16N2O2/c1-3-9-17(10-4-1)19-15-16-20(18-11-5-2-6-12-18)24-23(19)27-25-26(28-24)30-22-14-8-7-13-21(22)29-25/h1-16H. The van der Waals surface area contributed by atoms with Gasteiger partial charge in [0, 0.05) is 11.1 Å². The molecule has 1 aliphatic rings. The van der Waals surface area contributed by atoms with Crippen molar-refractivity contribution in [3.05, 3.63) is 97.1 Å². The van der Waals surface area contributed by atoms with Crippen LogP contribution in [0.25, 0.3) is 33.3 Å². The first-order valence-corrected chi connectivity index (χ1v) is 9.77. The number of rotatable bonds is 2. The molecule has 6 rings (SSSR count). The molecule has 0 aliphatic carbocycles. The molecule has 0 fully saturated rings. The Balaban J connectivity index is 1.63. The second-order valence-corrected chi connectivity index (χ2v) is 7.07. The Morgan fingerprint density at radius 1 is 0.433 bits per heavy atom. The predicted molar refractivity (Wildman–Crippen MR) is 117 cm³/mol. The lowest BCUT2D eigenvalue weighted by molar-refractivity contribution is 0.339. The summed E-state index contributed by atoms with van der Waals surface area (Å²) in [4.78, 5) is 9.73. The lowest BCUT2D eigenvalue weighted by Crippen LogP contribution is -2.04. The second kappa shape index (κ2) is 6.71. The van der Waals surface area contributed by atoms with Crippen molar-refractivity contribution < 1.29 is 9.47 Å². The van der Waals surface area contributed by atoms with E-state index in [4.69, 9.17) is 19.4 Å². The maximum absolute atomic E-state index is 6.02. The molecule has 0 saturated heterocycles. The molecular weight excluding hydrogens is 372 g/mol. The van der Waals surface area contributed by atoms with Crippen molar-refractivity contribution in [1.82, 2.24) is 9.97 Å². The van der Waals surface area contributed by atoms with E-state index in [1.54, 1.807) is 0 Å². The summed E-state index contributed by atoms with van der Waals surface area (Å²) >= 11 is 0. The van der Waals surface area contributed by atoms with Crippen molar-refractivity contribution in [2.24, 2.45) is 0 Å². The third-order valence-corrected chi connectivity index (χ3v) is 5.19. The van der Waals surface area contributed by atoms with Gasteiger partial charge < -0.3 is 9.47 Å². The zero-order valence-electron chi connectivity index (χ0n) is 15.9. The second-order valence-electron chi connectivity index (χ2n) is 7.07. The van der Waals surface area contributed by atoms with Crippen molar-refractivity contribution in [2.45, 2.75) is 0 Å². The highest BCUT2D eigenvalue weighted by atomic mass is 16.6. The molecule has 2 heterocycles. The van der Waals surface area contributed by atoms with Crippen LogP contribution in [0.4, 0.5) is 0 Å². The van der Waals surface area contributed by atoms with Crippen molar-refractivity contribution >= 4 is 11.0 Å². The highest BCUT2D eigenvalue weighted by Crippen LogP contribution is 2.45. The topological polar surface area (TPSA) is 44.2 Å². The van der Waals surface area contributed by atoms with Gasteiger partial charge in [-0.1, -0.05) is 84.9 Å². The molecule has 4 nitrogen and oxygen atoms in total. The summed E-state index contributed by atoms with van der Waals surface area (Å²) in [7, 11) is 0. The fourth-order valence-electron chi connectivity index (χ4n) is 3.77. The Morgan fingerprint density at radius 3 is 1.27 bits per heavy atom. The quantitative estimate of drug-likeness (QED) is 0.325. The van der Waals surface area contributed by atoms with Crippen LogP contribution in [0.15, 0.2) is 97.1 Å². The van der Waals surface area contributed by atoms with Gasteiger partial charge in [0.15, 0.2) is 11.5 Å². The van der Waals surface area contributed by atoms with Gasteiger partial charge in [0.05, 0.1) is 0 Å². The summed E-state index contributed by atoms with van der Waals surface area (Å²) in [6.07, 6.45) is 0. The molecule has 4 heteroatoms. The Morgan fingerprint density at radius 2 is 0.833 bits per heavy atom. The lowest BCUT2D eigenvalue weighted by atomic mass is 9.97. The van der Waals surface area contributed by atoms with Gasteiger partial charge in [0.2, 0.25) is 0 Å². The zero-order valence-corrected chi connectivity index (χ0v) is 15.9. The number of hydrogen-bond acceptors (Lipinski definition) is 4. The number of fused-ring (bicyclic) bond motifs is 3. The van der Waals surface area contributed by atoms with E-state index in [0.717, 1.165) is 33.3 Å². The van der Waals surface area contributed by atoms with Crippen LogP contribution in [0.1, 0.15) is 0 Å². The SMILES string of the molecule is c1ccc(-c2ccc(-c3ccccc3)c3nc4c(nc23)Oc2ccccc2O4)cc1. The summed E-state index contributed by atoms with van der Waals surface area (Å²) < 4.78 is 12.0. The smallest absolute Gasteiger partial charge is 0.284 e. The summed E-state index contributed by atoms with van der Waals surface area (Å²) in [6, 6.07) is 32.1. The third kappa shape index (κ3) is 2.70. The van der Waals surface area contributed by atoms with E-state index in [1.807, 2.05) is 60.7 Å². The van der Waals surface area contributed by atoms with Crippen LogP contribution < -0.4 is 9.47 Å². The molecule has 4 aromatic carbocycles. The first-order chi connectivity index (χ1) is 14.9. The maximum atomic E-state index is 6.02. The zero-order chi connectivity index (χ0) is 19.9. The number of hydrogen-bond donors (Lipinski definition) is 0. The van der Waals surface area contributed by atoms with Gasteiger partial charge in [-0.15, -0.1) is 0 Å². The molecule has 0 unspecified atom stereocenters. The van der Waals surface area contributed by atoms with E-state index in [1.165, 1.54) is 0 Å². The average Bonchev–Trinajstić information content (AvgIpc) is 2.82. The van der Waals surface area contributed by atoms with Gasteiger partial charge in [-0.25, -0.2) is 9.97 Å². The van der Waals surface area contributed by atoms with Crippen LogP contribution >= 0.6 is 0 Å². The van der Waals surface area contributed by atoms with Crippen LogP contribution in [-0.2, 0) is 0 Å². The van der Waals surface area contributed by atoms with Crippen LogP contribution in [0.3, 0.4) is 0 Å². The van der Waals surface area contributed by atoms with E-state index in [0.29, 0.717) is 23.3 Å². The normalized spacial score (nSPS) is 11.9. The molecule has 1 aliphatic heterocycles. The number of benzene rings is 4. The molecule has 142 valence electrons. The molecule has 0 bridgehead atoms. The largest absolute Gasteiger partial charge is 0.431 e. The van der Waals surface area contributed by atoms with Gasteiger partial charge >= 0.3 is 0 Å². The molecule has 0 amide bonds. The van der Waals surface area contributed by atoms with Gasteiger partial charge in [0.1, 0.15) is 11.0 Å². The monoisotopic (exact) mass is 388 g/mol. The molecule has 0 N–H and O–H groups in total.